The van der Waals surface area contributed by atoms with Crippen molar-refractivity contribution in [3.63, 3.8) is 0 Å². The molecule has 0 radical (unpaired) electrons. The van der Waals surface area contributed by atoms with Crippen molar-refractivity contribution in [1.82, 2.24) is 4.90 Å². The van der Waals surface area contributed by atoms with Gasteiger partial charge in [0, 0.05) is 7.05 Å². The van der Waals surface area contributed by atoms with E-state index in [0.29, 0.717) is 12.3 Å². The number of nitrogens with zero attached hydrogens (tertiary/aromatic N) is 1. The van der Waals surface area contributed by atoms with E-state index in [1.807, 2.05) is 51.1 Å². The minimum Gasteiger partial charge on any atom is -0.458 e. The quantitative estimate of drug-likeness (QED) is 0.725. The highest BCUT2D eigenvalue weighted by atomic mass is 16.6. The average Bonchev–Trinajstić information content (AvgIpc) is 2.50. The van der Waals surface area contributed by atoms with Crippen molar-refractivity contribution < 1.29 is 19.1 Å². The first-order valence-corrected chi connectivity index (χ1v) is 8.92. The number of amides is 1. The second kappa shape index (κ2) is 8.37. The minimum atomic E-state index is -0.604. The Bertz CT molecular complexity index is 575. The standard InChI is InChI=1S/C20H29NO4/c1-20(2,3)25-18(22)17(13-15-11-8-12-15)21(4)19(23)24-14-16-9-6-5-7-10-16/h5-7,9-10,15,17H,8,11-14H2,1-4H3/t17-/m0/s1. The number of likely N-dealkylation sites (N-methyl/N-ethyl adjacent to an activating group) is 1. The van der Waals surface area contributed by atoms with Crippen LogP contribution in [0.5, 0.6) is 0 Å². The fraction of sp³-hybridized carbons (Fsp3) is 0.600. The van der Waals surface area contributed by atoms with E-state index in [1.54, 1.807) is 7.05 Å². The van der Waals surface area contributed by atoms with Crippen molar-refractivity contribution in [2.75, 3.05) is 7.05 Å². The summed E-state index contributed by atoms with van der Waals surface area (Å²) in [5, 5.41) is 0. The van der Waals surface area contributed by atoms with Crippen LogP contribution in [0.1, 0.15) is 52.0 Å². The smallest absolute Gasteiger partial charge is 0.410 e. The van der Waals surface area contributed by atoms with Gasteiger partial charge in [-0.15, -0.1) is 0 Å². The van der Waals surface area contributed by atoms with Gasteiger partial charge in [-0.25, -0.2) is 9.59 Å². The number of carbonyl (C=O) groups excluding carboxylic acids is 2. The maximum absolute atomic E-state index is 12.6. The number of benzene rings is 1. The number of hydrogen-bond donors (Lipinski definition) is 0. The third-order valence-corrected chi connectivity index (χ3v) is 4.42. The third-order valence-electron chi connectivity index (χ3n) is 4.42. The monoisotopic (exact) mass is 347 g/mol. The first-order chi connectivity index (χ1) is 11.8. The van der Waals surface area contributed by atoms with Crippen molar-refractivity contribution in [3.8, 4) is 0 Å². The summed E-state index contributed by atoms with van der Waals surface area (Å²) in [6.45, 7) is 5.69. The maximum atomic E-state index is 12.6. The van der Waals surface area contributed by atoms with Gasteiger partial charge in [0.1, 0.15) is 18.2 Å². The Morgan fingerprint density at radius 3 is 2.36 bits per heavy atom. The molecule has 2 rings (SSSR count). The lowest BCUT2D eigenvalue weighted by molar-refractivity contribution is -0.161. The highest BCUT2D eigenvalue weighted by Gasteiger charge is 2.35. The zero-order valence-corrected chi connectivity index (χ0v) is 15.7. The highest BCUT2D eigenvalue weighted by molar-refractivity contribution is 5.81. The van der Waals surface area contributed by atoms with E-state index in [2.05, 4.69) is 0 Å². The predicted octanol–water partition coefficient (Wildman–Crippen LogP) is 4.16. The highest BCUT2D eigenvalue weighted by Crippen LogP contribution is 2.32. The molecule has 25 heavy (non-hydrogen) atoms. The molecule has 5 nitrogen and oxygen atoms in total. The van der Waals surface area contributed by atoms with Crippen molar-refractivity contribution in [2.45, 2.75) is 64.7 Å². The van der Waals surface area contributed by atoms with Crippen LogP contribution in [0, 0.1) is 5.92 Å². The minimum absolute atomic E-state index is 0.189. The molecule has 1 saturated carbocycles. The molecule has 0 spiro atoms. The molecule has 0 bridgehead atoms. The Balaban J connectivity index is 1.98. The topological polar surface area (TPSA) is 55.8 Å². The van der Waals surface area contributed by atoms with Crippen LogP contribution in [0.4, 0.5) is 4.79 Å². The van der Waals surface area contributed by atoms with Crippen LogP contribution in [0.2, 0.25) is 0 Å². The SMILES string of the molecule is CN(C(=O)OCc1ccccc1)[C@@H](CC1CCC1)C(=O)OC(C)(C)C. The van der Waals surface area contributed by atoms with Gasteiger partial charge in [0.05, 0.1) is 0 Å². The normalized spacial score (nSPS) is 15.8. The maximum Gasteiger partial charge on any atom is 0.410 e. The Hall–Kier alpha value is -2.04. The fourth-order valence-corrected chi connectivity index (χ4v) is 2.77. The number of esters is 1. The van der Waals surface area contributed by atoms with Gasteiger partial charge in [0.2, 0.25) is 0 Å². The van der Waals surface area contributed by atoms with Gasteiger partial charge in [-0.3, -0.25) is 4.90 Å². The lowest BCUT2D eigenvalue weighted by atomic mass is 9.80. The van der Waals surface area contributed by atoms with Gasteiger partial charge in [0.25, 0.3) is 0 Å². The van der Waals surface area contributed by atoms with Crippen LogP contribution in [0.15, 0.2) is 30.3 Å². The molecule has 1 atom stereocenters. The van der Waals surface area contributed by atoms with E-state index in [0.717, 1.165) is 18.4 Å². The first kappa shape index (κ1) is 19.3. The Kier molecular flexibility index (Phi) is 6.45. The molecule has 1 aliphatic carbocycles. The molecule has 1 aliphatic rings. The number of rotatable bonds is 6. The number of carbonyl (C=O) groups is 2. The molecule has 0 N–H and O–H groups in total. The van der Waals surface area contributed by atoms with E-state index in [-0.39, 0.29) is 12.6 Å². The zero-order chi connectivity index (χ0) is 18.4. The van der Waals surface area contributed by atoms with Gasteiger partial charge in [-0.05, 0) is 38.7 Å². The molecule has 0 aliphatic heterocycles. The molecule has 1 aromatic rings. The van der Waals surface area contributed by atoms with Crippen molar-refractivity contribution >= 4 is 12.1 Å². The summed E-state index contributed by atoms with van der Waals surface area (Å²) in [6, 6.07) is 8.89. The summed E-state index contributed by atoms with van der Waals surface area (Å²) < 4.78 is 10.9. The number of ether oxygens (including phenoxy) is 2. The van der Waals surface area contributed by atoms with Crippen molar-refractivity contribution in [1.29, 1.82) is 0 Å². The second-order valence-electron chi connectivity index (χ2n) is 7.73. The summed E-state index contributed by atoms with van der Waals surface area (Å²) in [7, 11) is 1.61. The van der Waals surface area contributed by atoms with E-state index in [9.17, 15) is 9.59 Å². The van der Waals surface area contributed by atoms with E-state index >= 15 is 0 Å². The molecule has 0 heterocycles. The summed E-state index contributed by atoms with van der Waals surface area (Å²) in [5.41, 5.74) is 0.334. The van der Waals surface area contributed by atoms with Crippen LogP contribution in [-0.2, 0) is 20.9 Å². The molecule has 5 heteroatoms. The van der Waals surface area contributed by atoms with Crippen LogP contribution in [0.25, 0.3) is 0 Å². The van der Waals surface area contributed by atoms with Crippen molar-refractivity contribution in [2.24, 2.45) is 5.92 Å². The van der Waals surface area contributed by atoms with Gasteiger partial charge in [-0.1, -0.05) is 49.6 Å². The molecular weight excluding hydrogens is 318 g/mol. The molecule has 0 saturated heterocycles. The van der Waals surface area contributed by atoms with Gasteiger partial charge in [-0.2, -0.15) is 0 Å². The molecular formula is C20H29NO4. The zero-order valence-electron chi connectivity index (χ0n) is 15.7. The molecule has 0 unspecified atom stereocenters. The summed E-state index contributed by atoms with van der Waals surface area (Å²) in [5.74, 6) is 0.112. The third kappa shape index (κ3) is 6.07. The summed E-state index contributed by atoms with van der Waals surface area (Å²) in [4.78, 5) is 26.4. The van der Waals surface area contributed by atoms with Gasteiger partial charge in [0.15, 0.2) is 0 Å². The molecule has 0 aromatic heterocycles. The molecule has 138 valence electrons. The van der Waals surface area contributed by atoms with Crippen LogP contribution < -0.4 is 0 Å². The van der Waals surface area contributed by atoms with Gasteiger partial charge < -0.3 is 9.47 Å². The lowest BCUT2D eigenvalue weighted by Gasteiger charge is -2.34. The van der Waals surface area contributed by atoms with Crippen LogP contribution in [0.3, 0.4) is 0 Å². The molecule has 1 amide bonds. The molecule has 1 fully saturated rings. The van der Waals surface area contributed by atoms with Crippen LogP contribution in [-0.4, -0.2) is 35.7 Å². The Morgan fingerprint density at radius 1 is 1.20 bits per heavy atom. The van der Waals surface area contributed by atoms with E-state index in [1.165, 1.54) is 11.3 Å². The molecule has 1 aromatic carbocycles. The van der Waals surface area contributed by atoms with E-state index in [4.69, 9.17) is 9.47 Å². The number of hydrogen-bond acceptors (Lipinski definition) is 4. The predicted molar refractivity (Wildman–Crippen MR) is 96.0 cm³/mol. The Labute approximate surface area is 150 Å². The first-order valence-electron chi connectivity index (χ1n) is 8.92. The fourth-order valence-electron chi connectivity index (χ4n) is 2.77. The van der Waals surface area contributed by atoms with Crippen molar-refractivity contribution in [3.05, 3.63) is 35.9 Å². The largest absolute Gasteiger partial charge is 0.458 e. The second-order valence-corrected chi connectivity index (χ2v) is 7.73. The Morgan fingerprint density at radius 2 is 1.84 bits per heavy atom. The summed E-state index contributed by atoms with van der Waals surface area (Å²) in [6.07, 6.45) is 3.53. The average molecular weight is 347 g/mol. The summed E-state index contributed by atoms with van der Waals surface area (Å²) >= 11 is 0. The van der Waals surface area contributed by atoms with Gasteiger partial charge >= 0.3 is 12.1 Å². The van der Waals surface area contributed by atoms with E-state index < -0.39 is 17.7 Å². The lowest BCUT2D eigenvalue weighted by Crippen LogP contribution is -2.47. The van der Waals surface area contributed by atoms with Crippen LogP contribution >= 0.6 is 0 Å².